The first-order chi connectivity index (χ1) is 6.41. The molecule has 0 aromatic rings. The Morgan fingerprint density at radius 2 is 1.38 bits per heavy atom. The van der Waals surface area contributed by atoms with Crippen LogP contribution in [0.2, 0.25) is 0 Å². The highest BCUT2D eigenvalue weighted by Gasteiger charge is 1.91. The zero-order chi connectivity index (χ0) is 9.78. The van der Waals surface area contributed by atoms with Gasteiger partial charge < -0.3 is 0 Å². The van der Waals surface area contributed by atoms with Crippen molar-refractivity contribution in [2.75, 3.05) is 11.5 Å². The molecular formula is C10H18OS2. The summed E-state index contributed by atoms with van der Waals surface area (Å²) in [5.41, 5.74) is 0. The fourth-order valence-corrected chi connectivity index (χ4v) is 2.06. The third-order valence-corrected chi connectivity index (χ3v) is 3.05. The lowest BCUT2D eigenvalue weighted by molar-refractivity contribution is 0.745. The summed E-state index contributed by atoms with van der Waals surface area (Å²) in [6.07, 6.45) is 8.35. The smallest absolute Gasteiger partial charge is 0.0213 e. The minimum Gasteiger partial charge on any atom is -0.247 e. The van der Waals surface area contributed by atoms with E-state index in [2.05, 4.69) is 13.2 Å². The SMILES string of the molecule is C=CCCCSOSCCCC=C. The molecule has 0 rings (SSSR count). The van der Waals surface area contributed by atoms with Crippen molar-refractivity contribution in [1.82, 2.24) is 0 Å². The van der Waals surface area contributed by atoms with Crippen LogP contribution in [0.15, 0.2) is 25.3 Å². The number of allylic oxidation sites excluding steroid dienone is 2. The van der Waals surface area contributed by atoms with Gasteiger partial charge in [0, 0.05) is 35.6 Å². The van der Waals surface area contributed by atoms with Crippen molar-refractivity contribution in [3.63, 3.8) is 0 Å². The van der Waals surface area contributed by atoms with Crippen molar-refractivity contribution in [3.8, 4) is 0 Å². The van der Waals surface area contributed by atoms with Crippen molar-refractivity contribution in [2.45, 2.75) is 25.7 Å². The summed E-state index contributed by atoms with van der Waals surface area (Å²) in [5, 5.41) is 0. The minimum absolute atomic E-state index is 1.06. The lowest BCUT2D eigenvalue weighted by Crippen LogP contribution is -1.80. The number of unbranched alkanes of at least 4 members (excludes halogenated alkanes) is 2. The van der Waals surface area contributed by atoms with Gasteiger partial charge in [0.2, 0.25) is 0 Å². The third-order valence-electron chi connectivity index (χ3n) is 1.37. The zero-order valence-corrected chi connectivity index (χ0v) is 9.67. The summed E-state index contributed by atoms with van der Waals surface area (Å²) in [6, 6.07) is 0. The second-order valence-corrected chi connectivity index (χ2v) is 4.41. The van der Waals surface area contributed by atoms with Crippen molar-refractivity contribution in [2.24, 2.45) is 0 Å². The topological polar surface area (TPSA) is 9.23 Å². The molecule has 0 fully saturated rings. The van der Waals surface area contributed by atoms with Crippen LogP contribution in [0.25, 0.3) is 0 Å². The van der Waals surface area contributed by atoms with E-state index in [1.807, 2.05) is 12.2 Å². The molecule has 0 saturated carbocycles. The van der Waals surface area contributed by atoms with Crippen LogP contribution in [-0.4, -0.2) is 11.5 Å². The van der Waals surface area contributed by atoms with Gasteiger partial charge in [-0.1, -0.05) is 12.2 Å². The molecule has 0 aliphatic rings. The van der Waals surface area contributed by atoms with Gasteiger partial charge in [-0.3, -0.25) is 0 Å². The van der Waals surface area contributed by atoms with Crippen LogP contribution in [0.5, 0.6) is 0 Å². The molecule has 0 heterocycles. The molecule has 3 heteroatoms. The largest absolute Gasteiger partial charge is 0.247 e. The Labute approximate surface area is 90.4 Å². The molecule has 76 valence electrons. The van der Waals surface area contributed by atoms with Gasteiger partial charge in [0.05, 0.1) is 0 Å². The van der Waals surface area contributed by atoms with E-state index in [1.54, 1.807) is 24.1 Å². The highest BCUT2D eigenvalue weighted by molar-refractivity contribution is 8.07. The summed E-state index contributed by atoms with van der Waals surface area (Å²) < 4.78 is 5.29. The van der Waals surface area contributed by atoms with Gasteiger partial charge >= 0.3 is 0 Å². The maximum absolute atomic E-state index is 5.29. The predicted octanol–water partition coefficient (Wildman–Crippen LogP) is 4.23. The van der Waals surface area contributed by atoms with Crippen molar-refractivity contribution in [3.05, 3.63) is 25.3 Å². The first-order valence-corrected chi connectivity index (χ1v) is 6.37. The number of rotatable bonds is 10. The standard InChI is InChI=1S/C10H18OS2/c1-3-5-7-9-12-11-13-10-8-6-4-2/h3-4H,1-2,5-10H2. The molecule has 0 atom stereocenters. The lowest BCUT2D eigenvalue weighted by Gasteiger charge is -1.99. The molecule has 0 aromatic heterocycles. The minimum atomic E-state index is 1.06. The lowest BCUT2D eigenvalue weighted by atomic mass is 10.3. The van der Waals surface area contributed by atoms with E-state index in [0.717, 1.165) is 37.2 Å². The Morgan fingerprint density at radius 3 is 1.77 bits per heavy atom. The molecule has 13 heavy (non-hydrogen) atoms. The van der Waals surface area contributed by atoms with E-state index in [0.29, 0.717) is 0 Å². The van der Waals surface area contributed by atoms with Crippen LogP contribution in [0.1, 0.15) is 25.7 Å². The van der Waals surface area contributed by atoms with Crippen molar-refractivity contribution < 1.29 is 3.63 Å². The van der Waals surface area contributed by atoms with Gasteiger partial charge in [-0.2, -0.15) is 0 Å². The van der Waals surface area contributed by atoms with Gasteiger partial charge in [0.15, 0.2) is 0 Å². The normalized spacial score (nSPS) is 9.85. The van der Waals surface area contributed by atoms with Gasteiger partial charge in [-0.25, -0.2) is 3.63 Å². The fourth-order valence-electron chi connectivity index (χ4n) is 0.675. The third kappa shape index (κ3) is 12.1. The van der Waals surface area contributed by atoms with Crippen LogP contribution in [0.4, 0.5) is 0 Å². The van der Waals surface area contributed by atoms with E-state index in [4.69, 9.17) is 3.63 Å². The van der Waals surface area contributed by atoms with E-state index in [1.165, 1.54) is 0 Å². The second-order valence-electron chi connectivity index (χ2n) is 2.57. The highest BCUT2D eigenvalue weighted by atomic mass is 32.2. The molecule has 0 bridgehead atoms. The maximum atomic E-state index is 5.29. The van der Waals surface area contributed by atoms with Crippen LogP contribution in [0, 0.1) is 0 Å². The Bertz CT molecular complexity index is 112. The van der Waals surface area contributed by atoms with E-state index in [-0.39, 0.29) is 0 Å². The molecule has 0 radical (unpaired) electrons. The summed E-state index contributed by atoms with van der Waals surface area (Å²) in [4.78, 5) is 0. The van der Waals surface area contributed by atoms with Gasteiger partial charge in [-0.05, 0) is 25.7 Å². The van der Waals surface area contributed by atoms with E-state index in [9.17, 15) is 0 Å². The summed E-state index contributed by atoms with van der Waals surface area (Å²) >= 11 is 3.08. The van der Waals surface area contributed by atoms with Crippen LogP contribution in [-0.2, 0) is 3.63 Å². The molecule has 0 aliphatic heterocycles. The molecule has 0 aliphatic carbocycles. The molecule has 0 unspecified atom stereocenters. The Kier molecular flexibility index (Phi) is 12.3. The molecule has 0 aromatic carbocycles. The maximum Gasteiger partial charge on any atom is 0.0213 e. The molecule has 0 saturated heterocycles. The molecule has 1 nitrogen and oxygen atoms in total. The molecule has 0 N–H and O–H groups in total. The van der Waals surface area contributed by atoms with Crippen molar-refractivity contribution in [1.29, 1.82) is 0 Å². The average Bonchev–Trinajstić information content (AvgIpc) is 2.16. The first-order valence-electron chi connectivity index (χ1n) is 4.54. The van der Waals surface area contributed by atoms with Crippen LogP contribution < -0.4 is 0 Å². The molecule has 0 spiro atoms. The summed E-state index contributed by atoms with van der Waals surface area (Å²) in [6.45, 7) is 7.33. The van der Waals surface area contributed by atoms with Gasteiger partial charge in [0.25, 0.3) is 0 Å². The van der Waals surface area contributed by atoms with E-state index >= 15 is 0 Å². The van der Waals surface area contributed by atoms with Crippen molar-refractivity contribution >= 4 is 24.1 Å². The zero-order valence-electron chi connectivity index (χ0n) is 8.04. The Morgan fingerprint density at radius 1 is 0.923 bits per heavy atom. The number of hydrogen-bond acceptors (Lipinski definition) is 3. The first kappa shape index (κ1) is 13.1. The summed E-state index contributed by atoms with van der Waals surface area (Å²) in [7, 11) is 0. The second kappa shape index (κ2) is 12.1. The predicted molar refractivity (Wildman–Crippen MR) is 64.9 cm³/mol. The van der Waals surface area contributed by atoms with E-state index < -0.39 is 0 Å². The monoisotopic (exact) mass is 218 g/mol. The fraction of sp³-hybridized carbons (Fsp3) is 0.600. The average molecular weight is 218 g/mol. The van der Waals surface area contributed by atoms with Gasteiger partial charge in [-0.15, -0.1) is 13.2 Å². The quantitative estimate of drug-likeness (QED) is 0.308. The van der Waals surface area contributed by atoms with Crippen LogP contribution >= 0.6 is 24.1 Å². The molecule has 0 amide bonds. The van der Waals surface area contributed by atoms with Gasteiger partial charge in [0.1, 0.15) is 0 Å². The van der Waals surface area contributed by atoms with Crippen LogP contribution in [0.3, 0.4) is 0 Å². The Balaban J connectivity index is 2.83. The Hall–Kier alpha value is 0.140. The number of hydrogen-bond donors (Lipinski definition) is 0. The highest BCUT2D eigenvalue weighted by Crippen LogP contribution is 2.17. The summed E-state index contributed by atoms with van der Waals surface area (Å²) in [5.74, 6) is 2.11. The molecular weight excluding hydrogens is 200 g/mol.